The third-order valence-electron chi connectivity index (χ3n) is 15.9. The van der Waals surface area contributed by atoms with Gasteiger partial charge in [0.05, 0.1) is 18.8 Å². The molecule has 0 aliphatic rings. The number of aliphatic hydroxyl groups is 2. The van der Waals surface area contributed by atoms with Crippen LogP contribution in [-0.4, -0.2) is 34.9 Å². The van der Waals surface area contributed by atoms with E-state index in [0.29, 0.717) is 6.42 Å². The van der Waals surface area contributed by atoms with Crippen molar-refractivity contribution in [1.82, 2.24) is 5.32 Å². The molecule has 0 aromatic heterocycles. The lowest BCUT2D eigenvalue weighted by atomic mass is 10.0. The Morgan fingerprint density at radius 2 is 0.542 bits per heavy atom. The lowest BCUT2D eigenvalue weighted by Gasteiger charge is -2.19. The lowest BCUT2D eigenvalue weighted by Crippen LogP contribution is -2.45. The summed E-state index contributed by atoms with van der Waals surface area (Å²) < 4.78 is 0. The van der Waals surface area contributed by atoms with Gasteiger partial charge in [0.15, 0.2) is 0 Å². The largest absolute Gasteiger partial charge is 0.394 e. The Kier molecular flexibility index (Phi) is 63.2. The first-order chi connectivity index (χ1) is 35.7. The number of amides is 1. The van der Waals surface area contributed by atoms with E-state index in [1.54, 1.807) is 6.08 Å². The van der Waals surface area contributed by atoms with Crippen molar-refractivity contribution in [3.63, 3.8) is 0 Å². The van der Waals surface area contributed by atoms with Gasteiger partial charge in [-0.15, -0.1) is 0 Å². The van der Waals surface area contributed by atoms with Crippen LogP contribution in [0.1, 0.15) is 386 Å². The van der Waals surface area contributed by atoms with Crippen LogP contribution in [0.4, 0.5) is 0 Å². The number of aliphatic hydroxyl groups excluding tert-OH is 2. The molecule has 0 aliphatic carbocycles. The van der Waals surface area contributed by atoms with Gasteiger partial charge in [0.2, 0.25) is 5.91 Å². The first-order valence-corrected chi connectivity index (χ1v) is 33.6. The molecule has 428 valence electrons. The molecular weight excluding hydrogens is 879 g/mol. The second-order valence-corrected chi connectivity index (χ2v) is 23.2. The van der Waals surface area contributed by atoms with E-state index in [2.05, 4.69) is 31.3 Å². The molecule has 0 rings (SSSR count). The Labute approximate surface area is 453 Å². The number of carbonyl (C=O) groups is 1. The van der Waals surface area contributed by atoms with E-state index in [1.807, 2.05) is 6.08 Å². The summed E-state index contributed by atoms with van der Waals surface area (Å²) in [6, 6.07) is -0.637. The average Bonchev–Trinajstić information content (AvgIpc) is 3.39. The Hall–Kier alpha value is -1.13. The fraction of sp³-hybridized carbons (Fsp3) is 0.926. The van der Waals surface area contributed by atoms with E-state index < -0.39 is 12.1 Å². The van der Waals surface area contributed by atoms with Crippen LogP contribution in [0.5, 0.6) is 0 Å². The number of rotatable bonds is 63. The van der Waals surface area contributed by atoms with Crippen LogP contribution in [0, 0.1) is 0 Å². The minimum atomic E-state index is -0.861. The molecule has 0 aromatic carbocycles. The molecular formula is C68H133NO3. The smallest absolute Gasteiger partial charge is 0.220 e. The maximum atomic E-state index is 12.5. The fourth-order valence-corrected chi connectivity index (χ4v) is 10.8. The maximum absolute atomic E-state index is 12.5. The zero-order chi connectivity index (χ0) is 52.0. The molecule has 2 unspecified atom stereocenters. The Bertz CT molecular complexity index is 1060. The molecule has 3 N–H and O–H groups in total. The van der Waals surface area contributed by atoms with Gasteiger partial charge in [0.25, 0.3) is 0 Å². The summed E-state index contributed by atoms with van der Waals surface area (Å²) in [6.07, 6.45) is 86.9. The van der Waals surface area contributed by atoms with Crippen LogP contribution in [-0.2, 0) is 4.79 Å². The second kappa shape index (κ2) is 64.2. The standard InChI is InChI=1S/C68H133NO3/c1-3-5-7-9-11-13-15-17-19-21-23-25-27-29-31-32-33-34-35-36-38-39-41-43-45-47-49-51-53-55-57-59-61-63-67(71)66(65-70)69-68(72)64-62-60-58-56-54-52-50-48-46-44-42-40-37-30-28-26-24-22-20-18-16-14-12-10-8-6-4-2/h53,55,61,63,66-67,70-71H,3-52,54,56-60,62,64-65H2,1-2H3,(H,69,72)/b55-53+,63-61+. The van der Waals surface area contributed by atoms with Crippen molar-refractivity contribution >= 4 is 5.91 Å². The molecule has 72 heavy (non-hydrogen) atoms. The van der Waals surface area contributed by atoms with Crippen LogP contribution < -0.4 is 5.32 Å². The number of allylic oxidation sites excluding steroid dienone is 3. The molecule has 0 aliphatic heterocycles. The van der Waals surface area contributed by atoms with Gasteiger partial charge in [-0.25, -0.2) is 0 Å². The molecule has 0 fully saturated rings. The molecule has 0 saturated heterocycles. The number of hydrogen-bond donors (Lipinski definition) is 3. The van der Waals surface area contributed by atoms with E-state index in [-0.39, 0.29) is 12.5 Å². The summed E-state index contributed by atoms with van der Waals surface area (Å²) in [7, 11) is 0. The minimum Gasteiger partial charge on any atom is -0.394 e. The second-order valence-electron chi connectivity index (χ2n) is 23.2. The lowest BCUT2D eigenvalue weighted by molar-refractivity contribution is -0.123. The van der Waals surface area contributed by atoms with Crippen LogP contribution in [0.2, 0.25) is 0 Å². The van der Waals surface area contributed by atoms with Crippen molar-refractivity contribution in [3.05, 3.63) is 24.3 Å². The third kappa shape index (κ3) is 59.7. The highest BCUT2D eigenvalue weighted by Gasteiger charge is 2.18. The van der Waals surface area contributed by atoms with Gasteiger partial charge < -0.3 is 15.5 Å². The minimum absolute atomic E-state index is 0.0646. The predicted molar refractivity (Wildman–Crippen MR) is 322 cm³/mol. The van der Waals surface area contributed by atoms with Crippen molar-refractivity contribution in [2.24, 2.45) is 0 Å². The van der Waals surface area contributed by atoms with Crippen molar-refractivity contribution in [3.8, 4) is 0 Å². The first-order valence-electron chi connectivity index (χ1n) is 33.6. The summed E-state index contributed by atoms with van der Waals surface area (Å²) in [5.41, 5.74) is 0. The highest BCUT2D eigenvalue weighted by Crippen LogP contribution is 2.19. The molecule has 0 radical (unpaired) electrons. The maximum Gasteiger partial charge on any atom is 0.220 e. The average molecular weight is 1010 g/mol. The Morgan fingerprint density at radius 3 is 0.806 bits per heavy atom. The third-order valence-corrected chi connectivity index (χ3v) is 15.9. The summed E-state index contributed by atoms with van der Waals surface area (Å²) >= 11 is 0. The van der Waals surface area contributed by atoms with Gasteiger partial charge in [-0.2, -0.15) is 0 Å². The van der Waals surface area contributed by atoms with Crippen LogP contribution in [0.3, 0.4) is 0 Å². The van der Waals surface area contributed by atoms with E-state index in [4.69, 9.17) is 0 Å². The summed E-state index contributed by atoms with van der Waals surface area (Å²) in [5.74, 6) is -0.0646. The number of hydrogen-bond acceptors (Lipinski definition) is 3. The summed E-state index contributed by atoms with van der Waals surface area (Å²) in [5, 5.41) is 23.2. The molecule has 4 nitrogen and oxygen atoms in total. The summed E-state index contributed by atoms with van der Waals surface area (Å²) in [4.78, 5) is 12.5. The van der Waals surface area contributed by atoms with Gasteiger partial charge >= 0.3 is 0 Å². The van der Waals surface area contributed by atoms with E-state index in [9.17, 15) is 15.0 Å². The number of unbranched alkanes of at least 4 members (excludes halogenated alkanes) is 54. The fourth-order valence-electron chi connectivity index (χ4n) is 10.8. The molecule has 0 saturated carbocycles. The summed E-state index contributed by atoms with van der Waals surface area (Å²) in [6.45, 7) is 4.35. The zero-order valence-corrected chi connectivity index (χ0v) is 49.5. The number of nitrogens with one attached hydrogen (secondary N) is 1. The van der Waals surface area contributed by atoms with Crippen LogP contribution in [0.25, 0.3) is 0 Å². The van der Waals surface area contributed by atoms with Crippen molar-refractivity contribution in [2.75, 3.05) is 6.61 Å². The van der Waals surface area contributed by atoms with E-state index in [1.165, 1.54) is 334 Å². The van der Waals surface area contributed by atoms with Crippen LogP contribution >= 0.6 is 0 Å². The Balaban J connectivity index is 3.44. The topological polar surface area (TPSA) is 69.6 Å². The predicted octanol–water partition coefficient (Wildman–Crippen LogP) is 22.6. The van der Waals surface area contributed by atoms with Gasteiger partial charge in [-0.3, -0.25) is 4.79 Å². The van der Waals surface area contributed by atoms with Gasteiger partial charge in [-0.1, -0.05) is 372 Å². The molecule has 1 amide bonds. The normalized spacial score (nSPS) is 12.8. The van der Waals surface area contributed by atoms with Gasteiger partial charge in [-0.05, 0) is 32.1 Å². The van der Waals surface area contributed by atoms with E-state index >= 15 is 0 Å². The molecule has 0 aromatic rings. The van der Waals surface area contributed by atoms with Crippen molar-refractivity contribution in [1.29, 1.82) is 0 Å². The quantitative estimate of drug-likeness (QED) is 0.0420. The Morgan fingerprint density at radius 1 is 0.319 bits per heavy atom. The SMILES string of the molecule is CCCCCCCCCCCCCCCCCCCCCCCCCCCCC/C=C/CC/C=C/C(O)C(CO)NC(=O)CCCCCCCCCCCCCCCCCCCCCCCCCCCCC. The molecule has 4 heteroatoms. The molecule has 0 bridgehead atoms. The first kappa shape index (κ1) is 70.9. The zero-order valence-electron chi connectivity index (χ0n) is 49.5. The molecule has 0 spiro atoms. The van der Waals surface area contributed by atoms with Crippen molar-refractivity contribution in [2.45, 2.75) is 398 Å². The molecule has 2 atom stereocenters. The van der Waals surface area contributed by atoms with E-state index in [0.717, 1.165) is 32.1 Å². The molecule has 0 heterocycles. The van der Waals surface area contributed by atoms with Gasteiger partial charge in [0.1, 0.15) is 0 Å². The van der Waals surface area contributed by atoms with Gasteiger partial charge in [0, 0.05) is 6.42 Å². The highest BCUT2D eigenvalue weighted by atomic mass is 16.3. The monoisotopic (exact) mass is 1010 g/mol. The number of carbonyl (C=O) groups excluding carboxylic acids is 1. The van der Waals surface area contributed by atoms with Crippen LogP contribution in [0.15, 0.2) is 24.3 Å². The van der Waals surface area contributed by atoms with Crippen molar-refractivity contribution < 1.29 is 15.0 Å². The highest BCUT2D eigenvalue weighted by molar-refractivity contribution is 5.76.